The molecule has 5 heteroatoms. The fourth-order valence-electron chi connectivity index (χ4n) is 1.20. The molecular formula is C8H7N5. The summed E-state index contributed by atoms with van der Waals surface area (Å²) in [6.07, 6.45) is 1.56. The number of aromatic nitrogens is 3. The number of nitrogens with two attached hydrogens (primary N) is 1. The van der Waals surface area contributed by atoms with Crippen molar-refractivity contribution in [2.45, 2.75) is 6.92 Å². The van der Waals surface area contributed by atoms with Crippen LogP contribution in [0.3, 0.4) is 0 Å². The zero-order valence-electron chi connectivity index (χ0n) is 7.02. The number of rotatable bonds is 0. The molecule has 0 unspecified atom stereocenters. The van der Waals surface area contributed by atoms with Crippen LogP contribution in [0.2, 0.25) is 0 Å². The molecule has 2 heterocycles. The predicted octanol–water partition coefficient (Wildman–Crippen LogP) is 0.492. The molecule has 0 aromatic carbocycles. The van der Waals surface area contributed by atoms with Gasteiger partial charge in [-0.15, -0.1) is 0 Å². The minimum atomic E-state index is 0.479. The Morgan fingerprint density at radius 1 is 1.62 bits per heavy atom. The highest BCUT2D eigenvalue weighted by Gasteiger charge is 2.10. The van der Waals surface area contributed by atoms with Crippen LogP contribution in [0.5, 0.6) is 0 Å². The fourth-order valence-corrected chi connectivity index (χ4v) is 1.20. The number of anilines is 1. The van der Waals surface area contributed by atoms with Crippen molar-refractivity contribution in [2.24, 2.45) is 0 Å². The molecule has 5 nitrogen and oxygen atoms in total. The summed E-state index contributed by atoms with van der Waals surface area (Å²) in [4.78, 5) is 4.03. The Balaban J connectivity index is 2.96. The van der Waals surface area contributed by atoms with Gasteiger partial charge in [-0.25, -0.2) is 4.98 Å². The van der Waals surface area contributed by atoms with E-state index in [4.69, 9.17) is 11.0 Å². The Morgan fingerprint density at radius 2 is 2.38 bits per heavy atom. The van der Waals surface area contributed by atoms with Gasteiger partial charge in [0.1, 0.15) is 17.5 Å². The van der Waals surface area contributed by atoms with E-state index >= 15 is 0 Å². The molecule has 0 aliphatic heterocycles. The van der Waals surface area contributed by atoms with Crippen LogP contribution in [0.1, 0.15) is 11.3 Å². The Labute approximate surface area is 74.4 Å². The van der Waals surface area contributed by atoms with Crippen LogP contribution in [0.4, 0.5) is 5.82 Å². The van der Waals surface area contributed by atoms with Crippen molar-refractivity contribution in [3.05, 3.63) is 23.5 Å². The highest BCUT2D eigenvalue weighted by atomic mass is 15.3. The standard InChI is InChI=1S/C8H7N5/c1-5-6(4-9)8-11-3-2-7(10)13(8)12-5/h2-3H,10H2,1H3. The van der Waals surface area contributed by atoms with Gasteiger partial charge in [-0.05, 0) is 13.0 Å². The molecule has 0 saturated heterocycles. The van der Waals surface area contributed by atoms with Gasteiger partial charge < -0.3 is 5.73 Å². The summed E-state index contributed by atoms with van der Waals surface area (Å²) in [7, 11) is 0. The van der Waals surface area contributed by atoms with E-state index < -0.39 is 0 Å². The first-order valence-electron chi connectivity index (χ1n) is 3.74. The topological polar surface area (TPSA) is 80.0 Å². The first kappa shape index (κ1) is 7.55. The van der Waals surface area contributed by atoms with E-state index in [1.165, 1.54) is 4.52 Å². The van der Waals surface area contributed by atoms with Crippen LogP contribution >= 0.6 is 0 Å². The lowest BCUT2D eigenvalue weighted by Crippen LogP contribution is -1.98. The first-order valence-corrected chi connectivity index (χ1v) is 3.74. The van der Waals surface area contributed by atoms with E-state index in [0.717, 1.165) is 0 Å². The Hall–Kier alpha value is -2.09. The zero-order chi connectivity index (χ0) is 9.42. The van der Waals surface area contributed by atoms with E-state index in [1.807, 2.05) is 6.07 Å². The average Bonchev–Trinajstić information content (AvgIpc) is 2.43. The van der Waals surface area contributed by atoms with Crippen molar-refractivity contribution in [3.8, 4) is 6.07 Å². The molecule has 0 atom stereocenters. The second-order valence-corrected chi connectivity index (χ2v) is 2.68. The summed E-state index contributed by atoms with van der Waals surface area (Å²) in [5.41, 5.74) is 7.28. The SMILES string of the molecule is Cc1nn2c(N)ccnc2c1C#N. The third-order valence-electron chi connectivity index (χ3n) is 1.83. The monoisotopic (exact) mass is 173 g/mol. The Morgan fingerprint density at radius 3 is 3.08 bits per heavy atom. The molecule has 0 fully saturated rings. The van der Waals surface area contributed by atoms with E-state index in [9.17, 15) is 0 Å². The maximum Gasteiger partial charge on any atom is 0.175 e. The third kappa shape index (κ3) is 0.924. The van der Waals surface area contributed by atoms with Crippen molar-refractivity contribution in [3.63, 3.8) is 0 Å². The summed E-state index contributed by atoms with van der Waals surface area (Å²) >= 11 is 0. The molecule has 2 N–H and O–H groups in total. The average molecular weight is 173 g/mol. The summed E-state index contributed by atoms with van der Waals surface area (Å²) in [5, 5.41) is 12.9. The van der Waals surface area contributed by atoms with Gasteiger partial charge in [-0.3, -0.25) is 0 Å². The van der Waals surface area contributed by atoms with Crippen LogP contribution in [0.15, 0.2) is 12.3 Å². The fraction of sp³-hybridized carbons (Fsp3) is 0.125. The van der Waals surface area contributed by atoms with Gasteiger partial charge in [0.25, 0.3) is 0 Å². The van der Waals surface area contributed by atoms with Crippen LogP contribution in [-0.2, 0) is 0 Å². The van der Waals surface area contributed by atoms with Crippen LogP contribution in [-0.4, -0.2) is 14.6 Å². The van der Waals surface area contributed by atoms with Gasteiger partial charge in [-0.2, -0.15) is 14.9 Å². The molecule has 0 aliphatic rings. The maximum atomic E-state index is 8.81. The molecule has 2 rings (SSSR count). The normalized spacial score (nSPS) is 10.2. The number of hydrogen-bond acceptors (Lipinski definition) is 4. The minimum absolute atomic E-state index is 0.479. The molecule has 0 amide bonds. The van der Waals surface area contributed by atoms with Crippen molar-refractivity contribution in [1.29, 1.82) is 5.26 Å². The Bertz CT molecular complexity index is 505. The molecule has 0 aliphatic carbocycles. The highest BCUT2D eigenvalue weighted by molar-refractivity contribution is 5.59. The predicted molar refractivity (Wildman–Crippen MR) is 46.9 cm³/mol. The lowest BCUT2D eigenvalue weighted by molar-refractivity contribution is 0.929. The molecule has 0 radical (unpaired) electrons. The third-order valence-corrected chi connectivity index (χ3v) is 1.83. The summed E-state index contributed by atoms with van der Waals surface area (Å²) in [5.74, 6) is 0.481. The quantitative estimate of drug-likeness (QED) is 0.628. The number of nitrogens with zero attached hydrogens (tertiary/aromatic N) is 4. The van der Waals surface area contributed by atoms with Gasteiger partial charge in [0.15, 0.2) is 5.65 Å². The Kier molecular flexibility index (Phi) is 1.43. The van der Waals surface area contributed by atoms with Gasteiger partial charge in [0.2, 0.25) is 0 Å². The number of aryl methyl sites for hydroxylation is 1. The van der Waals surface area contributed by atoms with Gasteiger partial charge >= 0.3 is 0 Å². The second-order valence-electron chi connectivity index (χ2n) is 2.68. The lowest BCUT2D eigenvalue weighted by atomic mass is 10.3. The summed E-state index contributed by atoms with van der Waals surface area (Å²) in [6.45, 7) is 1.76. The molecule has 0 saturated carbocycles. The molecular weight excluding hydrogens is 166 g/mol. The highest BCUT2D eigenvalue weighted by Crippen LogP contribution is 2.13. The molecule has 64 valence electrons. The number of nitriles is 1. The smallest absolute Gasteiger partial charge is 0.175 e. The summed E-state index contributed by atoms with van der Waals surface area (Å²) in [6, 6.07) is 3.68. The van der Waals surface area contributed by atoms with Crippen molar-refractivity contribution >= 4 is 11.5 Å². The van der Waals surface area contributed by atoms with Crippen molar-refractivity contribution < 1.29 is 0 Å². The van der Waals surface area contributed by atoms with Crippen LogP contribution in [0, 0.1) is 18.3 Å². The van der Waals surface area contributed by atoms with Crippen molar-refractivity contribution in [2.75, 3.05) is 5.73 Å². The van der Waals surface area contributed by atoms with Gasteiger partial charge in [0.05, 0.1) is 5.69 Å². The van der Waals surface area contributed by atoms with E-state index in [2.05, 4.69) is 10.1 Å². The lowest BCUT2D eigenvalue weighted by Gasteiger charge is -1.95. The number of hydrogen-bond donors (Lipinski definition) is 1. The van der Waals surface area contributed by atoms with Crippen LogP contribution in [0.25, 0.3) is 5.65 Å². The molecule has 2 aromatic heterocycles. The first-order chi connectivity index (χ1) is 6.24. The number of fused-ring (bicyclic) bond motifs is 1. The largest absolute Gasteiger partial charge is 0.384 e. The van der Waals surface area contributed by atoms with Gasteiger partial charge in [-0.1, -0.05) is 0 Å². The van der Waals surface area contributed by atoms with E-state index in [0.29, 0.717) is 22.7 Å². The molecule has 0 spiro atoms. The van der Waals surface area contributed by atoms with Gasteiger partial charge in [0, 0.05) is 6.20 Å². The van der Waals surface area contributed by atoms with Crippen molar-refractivity contribution in [1.82, 2.24) is 14.6 Å². The van der Waals surface area contributed by atoms with E-state index in [1.54, 1.807) is 19.2 Å². The molecule has 2 aromatic rings. The zero-order valence-corrected chi connectivity index (χ0v) is 7.02. The second kappa shape index (κ2) is 2.45. The molecule has 0 bridgehead atoms. The molecule has 13 heavy (non-hydrogen) atoms. The summed E-state index contributed by atoms with van der Waals surface area (Å²) < 4.78 is 1.47. The minimum Gasteiger partial charge on any atom is -0.384 e. The number of nitrogen functional groups attached to an aromatic ring is 1. The maximum absolute atomic E-state index is 8.81. The van der Waals surface area contributed by atoms with E-state index in [-0.39, 0.29) is 0 Å². The van der Waals surface area contributed by atoms with Crippen LogP contribution < -0.4 is 5.73 Å².